The largest absolute Gasteiger partial charge is 0.358 e. The van der Waals surface area contributed by atoms with Crippen LogP contribution in [0.15, 0.2) is 18.2 Å². The van der Waals surface area contributed by atoms with Gasteiger partial charge in [0.05, 0.1) is 38.9 Å². The van der Waals surface area contributed by atoms with E-state index in [2.05, 4.69) is 11.9 Å². The number of benzene rings is 1. The lowest BCUT2D eigenvalue weighted by Crippen LogP contribution is -3.12. The Kier molecular flexibility index (Phi) is 4.53. The number of halogens is 1. The number of Topliss-reactive ketones (excluding diaryl/α,β-unsaturated/α-hetero) is 1. The topological polar surface area (TPSA) is 24.8 Å². The number of hydrogen-bond donors (Lipinski definition) is 1. The van der Waals surface area contributed by atoms with Gasteiger partial charge in [-0.3, -0.25) is 4.79 Å². The Morgan fingerprint density at radius 3 is 2.63 bits per heavy atom. The summed E-state index contributed by atoms with van der Waals surface area (Å²) in [5.74, 6) is -0.253. The van der Waals surface area contributed by atoms with Crippen molar-refractivity contribution in [2.24, 2.45) is 0 Å². The molecule has 1 heterocycles. The van der Waals surface area contributed by atoms with E-state index in [0.717, 1.165) is 32.6 Å². The number of piperazine rings is 1. The van der Waals surface area contributed by atoms with Gasteiger partial charge in [0.2, 0.25) is 0 Å². The summed E-state index contributed by atoms with van der Waals surface area (Å²) in [6, 6.07) is 4.89. The van der Waals surface area contributed by atoms with Gasteiger partial charge in [-0.05, 0) is 24.6 Å². The normalized spacial score (nSPS) is 16.7. The molecule has 3 nitrogen and oxygen atoms in total. The van der Waals surface area contributed by atoms with Crippen LogP contribution in [-0.4, -0.2) is 39.0 Å². The minimum Gasteiger partial charge on any atom is -0.358 e. The summed E-state index contributed by atoms with van der Waals surface area (Å²) >= 11 is 0. The number of carbonyl (C=O) groups excluding carboxylic acids is 1. The van der Waals surface area contributed by atoms with Gasteiger partial charge in [-0.15, -0.1) is 0 Å². The molecule has 1 aromatic rings. The molecule has 1 fully saturated rings. The van der Waals surface area contributed by atoms with Gasteiger partial charge in [0.15, 0.2) is 5.78 Å². The highest BCUT2D eigenvalue weighted by Gasteiger charge is 2.20. The summed E-state index contributed by atoms with van der Waals surface area (Å²) in [6.07, 6.45) is 1.28. The molecule has 1 N–H and O–H groups in total. The van der Waals surface area contributed by atoms with Crippen LogP contribution in [0.3, 0.4) is 0 Å². The van der Waals surface area contributed by atoms with E-state index in [1.807, 2.05) is 6.92 Å². The minimum absolute atomic E-state index is 0.0239. The van der Waals surface area contributed by atoms with Crippen molar-refractivity contribution in [2.45, 2.75) is 19.8 Å². The summed E-state index contributed by atoms with van der Waals surface area (Å²) < 4.78 is 14.1. The third kappa shape index (κ3) is 3.32. The van der Waals surface area contributed by atoms with E-state index in [1.54, 1.807) is 12.1 Å². The highest BCUT2D eigenvalue weighted by molar-refractivity contribution is 5.96. The molecule has 0 spiro atoms. The summed E-state index contributed by atoms with van der Waals surface area (Å²) in [7, 11) is 2.15. The van der Waals surface area contributed by atoms with E-state index in [9.17, 15) is 9.18 Å². The zero-order valence-electron chi connectivity index (χ0n) is 11.7. The van der Waals surface area contributed by atoms with Crippen LogP contribution in [0.25, 0.3) is 0 Å². The number of nitrogens with zero attached hydrogens (tertiary/aromatic N) is 1. The Balaban J connectivity index is 2.13. The summed E-state index contributed by atoms with van der Waals surface area (Å²) in [4.78, 5) is 15.3. The Bertz CT molecular complexity index is 453. The number of rotatable bonds is 4. The van der Waals surface area contributed by atoms with Gasteiger partial charge in [-0.1, -0.05) is 6.92 Å². The van der Waals surface area contributed by atoms with E-state index < -0.39 is 0 Å². The van der Waals surface area contributed by atoms with Crippen molar-refractivity contribution in [1.29, 1.82) is 0 Å². The first-order valence-electron chi connectivity index (χ1n) is 7.00. The SMILES string of the molecule is CCCC(=O)c1ccc(N2CC[NH+](C)CC2)c(F)c1. The standard InChI is InChI=1S/C15H21FN2O/c1-3-4-15(19)12-5-6-14(13(16)11-12)18-9-7-17(2)8-10-18/h5-6,11H,3-4,7-10H2,1-2H3/p+1. The van der Waals surface area contributed by atoms with Crippen LogP contribution in [0.5, 0.6) is 0 Å². The first-order valence-corrected chi connectivity index (χ1v) is 7.00. The maximum absolute atomic E-state index is 14.1. The molecular weight excluding hydrogens is 243 g/mol. The second-order valence-electron chi connectivity index (χ2n) is 5.28. The molecule has 0 unspecified atom stereocenters. The van der Waals surface area contributed by atoms with Crippen LogP contribution in [-0.2, 0) is 0 Å². The lowest BCUT2D eigenvalue weighted by atomic mass is 10.1. The number of hydrogen-bond acceptors (Lipinski definition) is 2. The van der Waals surface area contributed by atoms with Crippen LogP contribution in [0.4, 0.5) is 10.1 Å². The third-order valence-electron chi connectivity index (χ3n) is 3.70. The molecule has 1 saturated heterocycles. The van der Waals surface area contributed by atoms with Crippen molar-refractivity contribution < 1.29 is 14.1 Å². The highest BCUT2D eigenvalue weighted by atomic mass is 19.1. The third-order valence-corrected chi connectivity index (χ3v) is 3.70. The van der Waals surface area contributed by atoms with Gasteiger partial charge in [-0.25, -0.2) is 4.39 Å². The monoisotopic (exact) mass is 265 g/mol. The van der Waals surface area contributed by atoms with Crippen molar-refractivity contribution in [2.75, 3.05) is 38.1 Å². The number of ketones is 1. The summed E-state index contributed by atoms with van der Waals surface area (Å²) in [5, 5.41) is 0. The zero-order chi connectivity index (χ0) is 13.8. The zero-order valence-corrected chi connectivity index (χ0v) is 11.7. The molecule has 19 heavy (non-hydrogen) atoms. The fourth-order valence-electron chi connectivity index (χ4n) is 2.44. The van der Waals surface area contributed by atoms with Crippen molar-refractivity contribution in [1.82, 2.24) is 0 Å². The molecular formula is C15H22FN2O+. The molecule has 0 saturated carbocycles. The predicted molar refractivity (Wildman–Crippen MR) is 74.5 cm³/mol. The van der Waals surface area contributed by atoms with Crippen molar-refractivity contribution in [3.05, 3.63) is 29.6 Å². The van der Waals surface area contributed by atoms with E-state index in [4.69, 9.17) is 0 Å². The Labute approximate surface area is 114 Å². The van der Waals surface area contributed by atoms with E-state index in [-0.39, 0.29) is 11.6 Å². The molecule has 0 atom stereocenters. The molecule has 104 valence electrons. The number of nitrogens with one attached hydrogen (secondary N) is 1. The smallest absolute Gasteiger partial charge is 0.162 e. The number of likely N-dealkylation sites (N-methyl/N-ethyl adjacent to an activating group) is 1. The average Bonchev–Trinajstić information content (AvgIpc) is 2.40. The van der Waals surface area contributed by atoms with Gasteiger partial charge in [0, 0.05) is 12.0 Å². The van der Waals surface area contributed by atoms with Crippen molar-refractivity contribution in [3.63, 3.8) is 0 Å². The lowest BCUT2D eigenvalue weighted by molar-refractivity contribution is -0.880. The Morgan fingerprint density at radius 2 is 2.05 bits per heavy atom. The fraction of sp³-hybridized carbons (Fsp3) is 0.533. The molecule has 0 bridgehead atoms. The molecule has 0 amide bonds. The molecule has 0 aromatic heterocycles. The fourth-order valence-corrected chi connectivity index (χ4v) is 2.44. The number of anilines is 1. The first-order chi connectivity index (χ1) is 9.11. The molecule has 2 rings (SSSR count). The van der Waals surface area contributed by atoms with Crippen LogP contribution in [0.2, 0.25) is 0 Å². The highest BCUT2D eigenvalue weighted by Crippen LogP contribution is 2.21. The van der Waals surface area contributed by atoms with Crippen molar-refractivity contribution in [3.8, 4) is 0 Å². The second kappa shape index (κ2) is 6.15. The first kappa shape index (κ1) is 14.0. The number of carbonyl (C=O) groups is 1. The van der Waals surface area contributed by atoms with Crippen LogP contribution in [0, 0.1) is 5.82 Å². The molecule has 1 aliphatic heterocycles. The second-order valence-corrected chi connectivity index (χ2v) is 5.28. The molecule has 1 aromatic carbocycles. The summed E-state index contributed by atoms with van der Waals surface area (Å²) in [6.45, 7) is 5.73. The maximum atomic E-state index is 14.1. The van der Waals surface area contributed by atoms with E-state index >= 15 is 0 Å². The van der Waals surface area contributed by atoms with Crippen molar-refractivity contribution >= 4 is 11.5 Å². The van der Waals surface area contributed by atoms with E-state index in [0.29, 0.717) is 17.7 Å². The molecule has 0 radical (unpaired) electrons. The Hall–Kier alpha value is -1.42. The van der Waals surface area contributed by atoms with Crippen LogP contribution < -0.4 is 9.80 Å². The summed E-state index contributed by atoms with van der Waals surface area (Å²) in [5.41, 5.74) is 1.11. The van der Waals surface area contributed by atoms with Crippen LogP contribution in [0.1, 0.15) is 30.1 Å². The quantitative estimate of drug-likeness (QED) is 0.826. The van der Waals surface area contributed by atoms with E-state index in [1.165, 1.54) is 11.0 Å². The minimum atomic E-state index is -0.276. The maximum Gasteiger partial charge on any atom is 0.162 e. The van der Waals surface area contributed by atoms with Gasteiger partial charge in [-0.2, -0.15) is 0 Å². The molecule has 1 aliphatic rings. The average molecular weight is 265 g/mol. The van der Waals surface area contributed by atoms with Gasteiger partial charge in [0.1, 0.15) is 5.82 Å². The van der Waals surface area contributed by atoms with Gasteiger partial charge >= 0.3 is 0 Å². The Morgan fingerprint density at radius 1 is 1.37 bits per heavy atom. The molecule has 4 heteroatoms. The van der Waals surface area contributed by atoms with Crippen LogP contribution >= 0.6 is 0 Å². The number of quaternary nitrogens is 1. The predicted octanol–water partition coefficient (Wildman–Crippen LogP) is 1.14. The molecule has 0 aliphatic carbocycles. The lowest BCUT2D eigenvalue weighted by Gasteiger charge is -2.32. The van der Waals surface area contributed by atoms with Gasteiger partial charge in [0.25, 0.3) is 0 Å². The van der Waals surface area contributed by atoms with Gasteiger partial charge < -0.3 is 9.80 Å².